The Morgan fingerprint density at radius 3 is 2.62 bits per heavy atom. The molecule has 0 spiro atoms. The molecule has 146 valence electrons. The van der Waals surface area contributed by atoms with Crippen LogP contribution in [-0.2, 0) is 15.6 Å². The molecule has 2 unspecified atom stereocenters. The smallest absolute Gasteiger partial charge is 0.345 e. The van der Waals surface area contributed by atoms with Gasteiger partial charge in [-0.05, 0) is 17.8 Å². The molecule has 1 saturated heterocycles. The number of benzene rings is 1. The lowest BCUT2D eigenvalue weighted by Gasteiger charge is -2.39. The van der Waals surface area contributed by atoms with E-state index in [9.17, 15) is 9.77 Å². The summed E-state index contributed by atoms with van der Waals surface area (Å²) in [6.07, 6.45) is -0.220. The predicted octanol–water partition coefficient (Wildman–Crippen LogP) is 2.98. The van der Waals surface area contributed by atoms with Crippen molar-refractivity contribution in [3.05, 3.63) is 35.9 Å². The molecule has 1 heterocycles. The van der Waals surface area contributed by atoms with Crippen LogP contribution >= 0.6 is 43.1 Å². The second kappa shape index (κ2) is 10.8. The molecular formula is C15H23Cl2N4O3PS. The molecule has 2 rings (SSSR count). The van der Waals surface area contributed by atoms with Crippen LogP contribution in [0.5, 0.6) is 0 Å². The minimum Gasteiger partial charge on any atom is -0.357 e. The monoisotopic (exact) mass is 440 g/mol. The van der Waals surface area contributed by atoms with Gasteiger partial charge in [0.15, 0.2) is 5.11 Å². The summed E-state index contributed by atoms with van der Waals surface area (Å²) < 4.78 is 20.2. The average Bonchev–Trinajstić information content (AvgIpc) is 2.66. The van der Waals surface area contributed by atoms with E-state index >= 15 is 0 Å². The summed E-state index contributed by atoms with van der Waals surface area (Å²) >= 11 is 16.8. The summed E-state index contributed by atoms with van der Waals surface area (Å²) in [5.41, 5.74) is 1.03. The van der Waals surface area contributed by atoms with Crippen molar-refractivity contribution in [1.29, 1.82) is 0 Å². The van der Waals surface area contributed by atoms with E-state index in [0.717, 1.165) is 10.6 Å². The molecule has 1 aliphatic rings. The lowest BCUT2D eigenvalue weighted by atomic mass is 10.2. The molecule has 0 bridgehead atoms. The fraction of sp³-hybridized carbons (Fsp3) is 0.533. The van der Waals surface area contributed by atoms with Gasteiger partial charge in [0.1, 0.15) is 6.17 Å². The summed E-state index contributed by atoms with van der Waals surface area (Å²) in [5.74, 6) is 0.576. The summed E-state index contributed by atoms with van der Waals surface area (Å²) in [5, 5.41) is 17.3. The number of halogens is 2. The Labute approximate surface area is 169 Å². The van der Waals surface area contributed by atoms with Gasteiger partial charge in [-0.2, -0.15) is 0 Å². The van der Waals surface area contributed by atoms with Crippen LogP contribution in [0.25, 0.3) is 0 Å². The molecule has 0 aromatic heterocycles. The van der Waals surface area contributed by atoms with Crippen LogP contribution in [0, 0.1) is 0 Å². The Balaban J connectivity index is 1.96. The van der Waals surface area contributed by atoms with E-state index in [1.165, 1.54) is 0 Å². The van der Waals surface area contributed by atoms with Crippen molar-refractivity contribution in [3.63, 3.8) is 0 Å². The number of rotatable bonds is 8. The first-order valence-corrected chi connectivity index (χ1v) is 11.2. The maximum absolute atomic E-state index is 13.1. The molecule has 1 aliphatic heterocycles. The molecule has 1 fully saturated rings. The van der Waals surface area contributed by atoms with Crippen molar-refractivity contribution < 1.29 is 14.3 Å². The second-order valence-corrected chi connectivity index (χ2v) is 8.87. The number of nitrogens with zero attached hydrogens (tertiary/aromatic N) is 2. The normalized spacial score (nSPS) is 23.0. The number of hydrogen-bond acceptors (Lipinski definition) is 4. The predicted molar refractivity (Wildman–Crippen MR) is 108 cm³/mol. The van der Waals surface area contributed by atoms with Crippen molar-refractivity contribution in [3.8, 4) is 0 Å². The number of nitrogens with one attached hydrogen (secondary N) is 2. The van der Waals surface area contributed by atoms with Crippen LogP contribution in [0.4, 0.5) is 0 Å². The van der Waals surface area contributed by atoms with Gasteiger partial charge in [-0.25, -0.2) is 14.8 Å². The quantitative estimate of drug-likeness (QED) is 0.246. The van der Waals surface area contributed by atoms with Crippen molar-refractivity contribution in [2.24, 2.45) is 0 Å². The van der Waals surface area contributed by atoms with E-state index in [1.54, 1.807) is 4.67 Å². The molecule has 1 aromatic carbocycles. The van der Waals surface area contributed by atoms with Crippen molar-refractivity contribution in [2.45, 2.75) is 19.1 Å². The minimum atomic E-state index is -3.36. The van der Waals surface area contributed by atoms with Gasteiger partial charge in [-0.15, -0.1) is 23.2 Å². The molecular weight excluding hydrogens is 418 g/mol. The van der Waals surface area contributed by atoms with Crippen LogP contribution in [0.1, 0.15) is 12.0 Å². The van der Waals surface area contributed by atoms with E-state index in [0.29, 0.717) is 26.1 Å². The Morgan fingerprint density at radius 1 is 1.35 bits per heavy atom. The van der Waals surface area contributed by atoms with E-state index in [-0.39, 0.29) is 23.5 Å². The van der Waals surface area contributed by atoms with E-state index in [2.05, 4.69) is 10.4 Å². The second-order valence-electron chi connectivity index (χ2n) is 5.61. The third kappa shape index (κ3) is 6.04. The highest BCUT2D eigenvalue weighted by molar-refractivity contribution is 7.80. The standard InChI is InChI=1S/C15H23Cl2N4O3PS/c16-7-9-20(10-8-17)25(23)19-14(6-11-24-25)21(22)15(26)18-12-13-4-2-1-3-5-13/h1-5,14,22H,6-12H2,(H,18,26)(H,19,23). The molecule has 26 heavy (non-hydrogen) atoms. The van der Waals surface area contributed by atoms with E-state index in [1.807, 2.05) is 30.3 Å². The van der Waals surface area contributed by atoms with Crippen LogP contribution in [0.2, 0.25) is 0 Å². The van der Waals surface area contributed by atoms with Gasteiger partial charge in [-0.1, -0.05) is 30.3 Å². The molecule has 0 amide bonds. The van der Waals surface area contributed by atoms with E-state index < -0.39 is 13.8 Å². The van der Waals surface area contributed by atoms with Crippen molar-refractivity contribution >= 4 is 48.2 Å². The molecule has 11 heteroatoms. The van der Waals surface area contributed by atoms with Gasteiger partial charge in [0.2, 0.25) is 0 Å². The summed E-state index contributed by atoms with van der Waals surface area (Å²) in [7, 11) is -3.36. The number of hydroxylamine groups is 2. The van der Waals surface area contributed by atoms with Crippen LogP contribution in [0.3, 0.4) is 0 Å². The Bertz CT molecular complexity index is 622. The van der Waals surface area contributed by atoms with Gasteiger partial charge in [-0.3, -0.25) is 9.77 Å². The van der Waals surface area contributed by atoms with Crippen LogP contribution in [0.15, 0.2) is 30.3 Å². The maximum atomic E-state index is 13.1. The lowest BCUT2D eigenvalue weighted by Crippen LogP contribution is -2.53. The lowest BCUT2D eigenvalue weighted by molar-refractivity contribution is -0.0713. The SMILES string of the molecule is O=P1(N(CCCl)CCCl)NC(N(O)C(=S)NCc2ccccc2)CCO1. The zero-order valence-electron chi connectivity index (χ0n) is 14.2. The van der Waals surface area contributed by atoms with Gasteiger partial charge < -0.3 is 9.84 Å². The largest absolute Gasteiger partial charge is 0.357 e. The third-order valence-electron chi connectivity index (χ3n) is 3.82. The average molecular weight is 441 g/mol. The molecule has 2 atom stereocenters. The Morgan fingerprint density at radius 2 is 2.00 bits per heavy atom. The number of thiocarbonyl (C=S) groups is 1. The van der Waals surface area contributed by atoms with Crippen molar-refractivity contribution in [2.75, 3.05) is 31.5 Å². The zero-order valence-corrected chi connectivity index (χ0v) is 17.4. The molecule has 1 aromatic rings. The highest BCUT2D eigenvalue weighted by Crippen LogP contribution is 2.49. The fourth-order valence-corrected chi connectivity index (χ4v) is 5.42. The minimum absolute atomic E-state index is 0.140. The van der Waals surface area contributed by atoms with Gasteiger partial charge in [0.05, 0.1) is 6.61 Å². The molecule has 7 nitrogen and oxygen atoms in total. The topological polar surface area (TPSA) is 77.1 Å². The van der Waals surface area contributed by atoms with Gasteiger partial charge in [0.25, 0.3) is 0 Å². The van der Waals surface area contributed by atoms with Crippen LogP contribution < -0.4 is 10.4 Å². The molecule has 0 radical (unpaired) electrons. The van der Waals surface area contributed by atoms with E-state index in [4.69, 9.17) is 39.9 Å². The maximum Gasteiger partial charge on any atom is 0.345 e. The first kappa shape index (κ1) is 21.9. The van der Waals surface area contributed by atoms with Gasteiger partial charge in [0, 0.05) is 37.8 Å². The zero-order chi connectivity index (χ0) is 19.0. The highest BCUT2D eigenvalue weighted by Gasteiger charge is 2.39. The highest BCUT2D eigenvalue weighted by atomic mass is 35.5. The van der Waals surface area contributed by atoms with Crippen molar-refractivity contribution in [1.82, 2.24) is 20.1 Å². The number of alkyl halides is 2. The van der Waals surface area contributed by atoms with Crippen LogP contribution in [-0.4, -0.2) is 57.7 Å². The third-order valence-corrected chi connectivity index (χ3v) is 6.79. The summed E-state index contributed by atoms with van der Waals surface area (Å²) in [4.78, 5) is 0. The fourth-order valence-electron chi connectivity index (χ4n) is 2.48. The first-order valence-electron chi connectivity index (χ1n) is 8.20. The Hall–Kier alpha value is -0.440. The first-order chi connectivity index (χ1) is 12.5. The molecule has 0 aliphatic carbocycles. The van der Waals surface area contributed by atoms with Gasteiger partial charge >= 0.3 is 7.67 Å². The molecule has 0 saturated carbocycles. The number of hydrogen-bond donors (Lipinski definition) is 3. The summed E-state index contributed by atoms with van der Waals surface area (Å²) in [6.45, 7) is 1.40. The Kier molecular flexibility index (Phi) is 9.06. The summed E-state index contributed by atoms with van der Waals surface area (Å²) in [6, 6.07) is 9.69. The molecule has 3 N–H and O–H groups in total.